The summed E-state index contributed by atoms with van der Waals surface area (Å²) >= 11 is 23.5. The predicted molar refractivity (Wildman–Crippen MR) is 121 cm³/mol. The SMILES string of the molecule is NC(=O)C(=O)N(Cc1ccc(C=CC(c2cc(Cl)c(Cl)c(Cl)c2)C(F)(F)F)cc1Cl)CC(F)(F)F. The molecule has 0 aliphatic heterocycles. The van der Waals surface area contributed by atoms with Gasteiger partial charge in [0.15, 0.2) is 0 Å². The number of nitrogens with two attached hydrogens (primary N) is 1. The molecule has 1 atom stereocenters. The van der Waals surface area contributed by atoms with Crippen LogP contribution in [0.5, 0.6) is 0 Å². The van der Waals surface area contributed by atoms with Crippen LogP contribution in [0.15, 0.2) is 36.4 Å². The van der Waals surface area contributed by atoms with Crippen molar-refractivity contribution in [1.29, 1.82) is 0 Å². The van der Waals surface area contributed by atoms with Crippen molar-refractivity contribution in [3.8, 4) is 0 Å². The zero-order chi connectivity index (χ0) is 26.7. The number of carbonyl (C=O) groups excluding carboxylic acids is 2. The second-order valence-corrected chi connectivity index (χ2v) is 8.77. The Morgan fingerprint density at radius 2 is 1.51 bits per heavy atom. The van der Waals surface area contributed by atoms with Gasteiger partial charge >= 0.3 is 24.2 Å². The average Bonchev–Trinajstić information content (AvgIpc) is 2.70. The van der Waals surface area contributed by atoms with Crippen LogP contribution in [-0.4, -0.2) is 35.6 Å². The smallest absolute Gasteiger partial charge is 0.361 e. The van der Waals surface area contributed by atoms with E-state index in [0.717, 1.165) is 24.3 Å². The third kappa shape index (κ3) is 8.20. The fourth-order valence-electron chi connectivity index (χ4n) is 2.94. The van der Waals surface area contributed by atoms with Gasteiger partial charge in [-0.25, -0.2) is 0 Å². The summed E-state index contributed by atoms with van der Waals surface area (Å²) in [4.78, 5) is 23.0. The molecule has 0 radical (unpaired) electrons. The Morgan fingerprint density at radius 3 is 1.97 bits per heavy atom. The van der Waals surface area contributed by atoms with E-state index in [-0.39, 0.29) is 41.7 Å². The number of primary amides is 1. The van der Waals surface area contributed by atoms with Gasteiger partial charge in [-0.2, -0.15) is 26.3 Å². The van der Waals surface area contributed by atoms with Crippen molar-refractivity contribution in [1.82, 2.24) is 4.90 Å². The standard InChI is InChI=1S/C21H14Cl4F6N2O2/c22-14-5-10(1-3-11(14)8-33(9-20(26,27)28)19(35)18(32)34)2-4-13(21(29,30)31)12-6-15(23)17(25)16(24)7-12/h1-7,13H,8-9H2,(H2,32,34). The maximum absolute atomic E-state index is 13.7. The molecule has 14 heteroatoms. The van der Waals surface area contributed by atoms with Gasteiger partial charge < -0.3 is 10.6 Å². The van der Waals surface area contributed by atoms with E-state index in [0.29, 0.717) is 0 Å². The minimum Gasteiger partial charge on any atom is -0.361 e. The molecule has 0 saturated carbocycles. The number of carbonyl (C=O) groups is 2. The average molecular weight is 582 g/mol. The molecule has 2 rings (SSSR count). The van der Waals surface area contributed by atoms with Crippen LogP contribution in [0, 0.1) is 0 Å². The molecule has 2 aromatic carbocycles. The van der Waals surface area contributed by atoms with Crippen molar-refractivity contribution in [3.05, 3.63) is 73.2 Å². The Bertz CT molecular complexity index is 1130. The van der Waals surface area contributed by atoms with Gasteiger partial charge in [0.25, 0.3) is 0 Å². The van der Waals surface area contributed by atoms with Gasteiger partial charge in [0.1, 0.15) is 6.54 Å². The normalized spacial score (nSPS) is 13.2. The molecule has 0 aliphatic carbocycles. The summed E-state index contributed by atoms with van der Waals surface area (Å²) in [5.74, 6) is -5.29. The molecule has 0 aliphatic rings. The molecule has 1 unspecified atom stereocenters. The minimum absolute atomic E-state index is 0.00584. The fourth-order valence-corrected chi connectivity index (χ4v) is 3.81. The molecule has 2 amide bonds. The van der Waals surface area contributed by atoms with E-state index in [1.165, 1.54) is 18.2 Å². The number of halogens is 10. The fraction of sp³-hybridized carbons (Fsp3) is 0.238. The van der Waals surface area contributed by atoms with Gasteiger partial charge in [0.2, 0.25) is 0 Å². The third-order valence-corrected chi connectivity index (χ3v) is 6.05. The lowest BCUT2D eigenvalue weighted by Crippen LogP contribution is -2.44. The zero-order valence-electron chi connectivity index (χ0n) is 17.2. The number of hydrogen-bond donors (Lipinski definition) is 1. The quantitative estimate of drug-likeness (QED) is 0.226. The van der Waals surface area contributed by atoms with Crippen molar-refractivity contribution < 1.29 is 35.9 Å². The lowest BCUT2D eigenvalue weighted by atomic mass is 9.97. The molecule has 190 valence electrons. The van der Waals surface area contributed by atoms with E-state index in [4.69, 9.17) is 52.1 Å². The highest BCUT2D eigenvalue weighted by Crippen LogP contribution is 2.41. The number of hydrogen-bond acceptors (Lipinski definition) is 2. The summed E-state index contributed by atoms with van der Waals surface area (Å²) in [5.41, 5.74) is 4.69. The zero-order valence-corrected chi connectivity index (χ0v) is 20.2. The molecule has 0 bridgehead atoms. The van der Waals surface area contributed by atoms with Crippen LogP contribution >= 0.6 is 46.4 Å². The lowest BCUT2D eigenvalue weighted by Gasteiger charge is -2.23. The second kappa shape index (κ2) is 11.3. The van der Waals surface area contributed by atoms with E-state index >= 15 is 0 Å². The predicted octanol–water partition coefficient (Wildman–Crippen LogP) is 7.04. The van der Waals surface area contributed by atoms with Crippen LogP contribution in [0.1, 0.15) is 22.6 Å². The van der Waals surface area contributed by atoms with Crippen molar-refractivity contribution in [2.75, 3.05) is 6.54 Å². The van der Waals surface area contributed by atoms with E-state index in [1.54, 1.807) is 0 Å². The van der Waals surface area contributed by atoms with Gasteiger partial charge in [0, 0.05) is 11.6 Å². The third-order valence-electron chi connectivity index (χ3n) is 4.51. The Labute approximate surface area is 215 Å². The lowest BCUT2D eigenvalue weighted by molar-refractivity contribution is -0.165. The first-order valence-electron chi connectivity index (χ1n) is 9.33. The number of amides is 2. The van der Waals surface area contributed by atoms with Crippen molar-refractivity contribution >= 4 is 64.3 Å². The number of benzene rings is 2. The van der Waals surface area contributed by atoms with Crippen LogP contribution < -0.4 is 5.73 Å². The summed E-state index contributed by atoms with van der Waals surface area (Å²) in [5, 5.41) is -0.590. The summed E-state index contributed by atoms with van der Waals surface area (Å²) in [6.07, 6.45) is -7.64. The van der Waals surface area contributed by atoms with Gasteiger partial charge in [0.05, 0.1) is 21.0 Å². The molecule has 0 spiro atoms. The molecule has 0 saturated heterocycles. The van der Waals surface area contributed by atoms with Crippen molar-refractivity contribution in [2.24, 2.45) is 5.73 Å². The number of alkyl halides is 6. The molecular weight excluding hydrogens is 568 g/mol. The van der Waals surface area contributed by atoms with Gasteiger partial charge in [-0.15, -0.1) is 0 Å². The molecule has 4 nitrogen and oxygen atoms in total. The highest BCUT2D eigenvalue weighted by Gasteiger charge is 2.39. The summed E-state index contributed by atoms with van der Waals surface area (Å²) in [6.45, 7) is -2.47. The molecule has 0 fully saturated rings. The molecule has 0 aromatic heterocycles. The molecule has 2 N–H and O–H groups in total. The van der Waals surface area contributed by atoms with E-state index in [1.807, 2.05) is 0 Å². The number of allylic oxidation sites excluding steroid dienone is 1. The van der Waals surface area contributed by atoms with Crippen LogP contribution in [-0.2, 0) is 16.1 Å². The maximum atomic E-state index is 13.7. The van der Waals surface area contributed by atoms with E-state index in [9.17, 15) is 35.9 Å². The molecule has 0 heterocycles. The first-order valence-corrected chi connectivity index (χ1v) is 10.8. The highest BCUT2D eigenvalue weighted by molar-refractivity contribution is 6.48. The topological polar surface area (TPSA) is 63.4 Å². The van der Waals surface area contributed by atoms with Crippen molar-refractivity contribution in [2.45, 2.75) is 24.8 Å². The summed E-state index contributed by atoms with van der Waals surface area (Å²) in [7, 11) is 0. The Morgan fingerprint density at radius 1 is 0.943 bits per heavy atom. The number of rotatable bonds is 6. The van der Waals surface area contributed by atoms with E-state index < -0.39 is 43.2 Å². The molecule has 35 heavy (non-hydrogen) atoms. The first kappa shape index (κ1) is 29.1. The largest absolute Gasteiger partial charge is 0.406 e. The van der Waals surface area contributed by atoms with Gasteiger partial charge in [-0.05, 0) is 34.9 Å². The van der Waals surface area contributed by atoms with Gasteiger partial charge in [-0.3, -0.25) is 9.59 Å². The molecular formula is C21H14Cl4F6N2O2. The van der Waals surface area contributed by atoms with Crippen LogP contribution in [0.25, 0.3) is 6.08 Å². The second-order valence-electron chi connectivity index (χ2n) is 7.17. The highest BCUT2D eigenvalue weighted by atomic mass is 35.5. The van der Waals surface area contributed by atoms with E-state index in [2.05, 4.69) is 0 Å². The van der Waals surface area contributed by atoms with Crippen LogP contribution in [0.2, 0.25) is 20.1 Å². The monoisotopic (exact) mass is 580 g/mol. The van der Waals surface area contributed by atoms with Crippen molar-refractivity contribution in [3.63, 3.8) is 0 Å². The summed E-state index contributed by atoms with van der Waals surface area (Å²) < 4.78 is 79.3. The Kier molecular flexibility index (Phi) is 9.38. The van der Waals surface area contributed by atoms with Crippen LogP contribution in [0.4, 0.5) is 26.3 Å². The maximum Gasteiger partial charge on any atom is 0.406 e. The Hall–Kier alpha value is -2.14. The Balaban J connectivity index is 2.34. The first-order chi connectivity index (χ1) is 16.0. The molecule has 2 aromatic rings. The summed E-state index contributed by atoms with van der Waals surface area (Å²) in [6, 6.07) is 5.72. The van der Waals surface area contributed by atoms with Crippen LogP contribution in [0.3, 0.4) is 0 Å². The number of nitrogens with zero attached hydrogens (tertiary/aromatic N) is 1. The van der Waals surface area contributed by atoms with Gasteiger partial charge in [-0.1, -0.05) is 70.7 Å². The minimum atomic E-state index is -4.82.